The van der Waals surface area contributed by atoms with Gasteiger partial charge in [0.15, 0.2) is 8.32 Å². The third-order valence-electron chi connectivity index (χ3n) is 5.33. The quantitative estimate of drug-likeness (QED) is 0.177. The van der Waals surface area contributed by atoms with Crippen LogP contribution in [-0.2, 0) is 4.43 Å². The predicted molar refractivity (Wildman–Crippen MR) is 109 cm³/mol. The van der Waals surface area contributed by atoms with Crippen molar-refractivity contribution in [3.05, 3.63) is 12.7 Å². The molecular weight excluding hydrogens is 296 g/mol. The van der Waals surface area contributed by atoms with Crippen LogP contribution >= 0.6 is 0 Å². The van der Waals surface area contributed by atoms with E-state index >= 15 is 0 Å². The lowest BCUT2D eigenvalue weighted by Gasteiger charge is -2.39. The molecule has 138 valence electrons. The lowest BCUT2D eigenvalue weighted by Crippen LogP contribution is -2.44. The van der Waals surface area contributed by atoms with Crippen LogP contribution in [-0.4, -0.2) is 14.4 Å². The maximum Gasteiger partial charge on any atom is 0.192 e. The van der Waals surface area contributed by atoms with E-state index in [1.165, 1.54) is 70.6 Å². The first-order valence-corrected chi connectivity index (χ1v) is 12.9. The summed E-state index contributed by atoms with van der Waals surface area (Å²) in [6.07, 6.45) is 16.9. The molecule has 1 nitrogen and oxygen atoms in total. The van der Waals surface area contributed by atoms with Gasteiger partial charge >= 0.3 is 0 Å². The maximum absolute atomic E-state index is 6.73. The molecule has 0 amide bonds. The fourth-order valence-corrected chi connectivity index (χ4v) is 4.09. The highest BCUT2D eigenvalue weighted by Crippen LogP contribution is 2.38. The normalized spacial score (nSPS) is 14.0. The smallest absolute Gasteiger partial charge is 0.192 e. The lowest BCUT2D eigenvalue weighted by molar-refractivity contribution is 0.154. The van der Waals surface area contributed by atoms with Gasteiger partial charge in [0.25, 0.3) is 0 Å². The molecule has 0 bridgehead atoms. The van der Waals surface area contributed by atoms with Crippen molar-refractivity contribution in [1.29, 1.82) is 0 Å². The van der Waals surface area contributed by atoms with Crippen LogP contribution < -0.4 is 0 Å². The zero-order valence-electron chi connectivity index (χ0n) is 17.0. The van der Waals surface area contributed by atoms with Crippen LogP contribution in [0.5, 0.6) is 0 Å². The van der Waals surface area contributed by atoms with E-state index in [4.69, 9.17) is 4.43 Å². The van der Waals surface area contributed by atoms with Crippen LogP contribution in [0, 0.1) is 0 Å². The minimum atomic E-state index is -1.63. The molecule has 0 saturated heterocycles. The van der Waals surface area contributed by atoms with E-state index in [0.717, 1.165) is 0 Å². The molecule has 0 aromatic carbocycles. The van der Waals surface area contributed by atoms with Gasteiger partial charge in [-0.3, -0.25) is 0 Å². The Morgan fingerprint density at radius 3 is 1.91 bits per heavy atom. The largest absolute Gasteiger partial charge is 0.414 e. The molecule has 0 heterocycles. The number of hydrogen-bond acceptors (Lipinski definition) is 1. The summed E-state index contributed by atoms with van der Waals surface area (Å²) < 4.78 is 6.73. The SMILES string of the molecule is C=CCCCCCC[C@H](CCCCCC)O[Si](C)(C)C(C)(C)C. The first kappa shape index (κ1) is 22.9. The topological polar surface area (TPSA) is 9.23 Å². The molecule has 0 aliphatic heterocycles. The van der Waals surface area contributed by atoms with Crippen molar-refractivity contribution in [2.75, 3.05) is 0 Å². The van der Waals surface area contributed by atoms with Crippen LogP contribution in [0.25, 0.3) is 0 Å². The zero-order chi connectivity index (χ0) is 17.8. The van der Waals surface area contributed by atoms with Crippen molar-refractivity contribution in [1.82, 2.24) is 0 Å². The summed E-state index contributed by atoms with van der Waals surface area (Å²) in [6.45, 7) is 17.9. The van der Waals surface area contributed by atoms with Crippen LogP contribution in [0.3, 0.4) is 0 Å². The van der Waals surface area contributed by atoms with Gasteiger partial charge in [0.05, 0.1) is 0 Å². The molecular formula is C21H44OSi. The second-order valence-electron chi connectivity index (χ2n) is 8.63. The Morgan fingerprint density at radius 2 is 1.43 bits per heavy atom. The average molecular weight is 341 g/mol. The number of hydrogen-bond donors (Lipinski definition) is 0. The third kappa shape index (κ3) is 11.2. The van der Waals surface area contributed by atoms with Crippen molar-refractivity contribution in [2.24, 2.45) is 0 Å². The van der Waals surface area contributed by atoms with Gasteiger partial charge in [-0.1, -0.05) is 78.7 Å². The van der Waals surface area contributed by atoms with E-state index < -0.39 is 8.32 Å². The first-order valence-electron chi connectivity index (χ1n) is 10.0. The Bertz CT molecular complexity index is 291. The second-order valence-corrected chi connectivity index (χ2v) is 13.4. The molecule has 2 heteroatoms. The highest BCUT2D eigenvalue weighted by Gasteiger charge is 2.38. The summed E-state index contributed by atoms with van der Waals surface area (Å²) >= 11 is 0. The van der Waals surface area contributed by atoms with E-state index in [0.29, 0.717) is 11.1 Å². The molecule has 0 aromatic rings. The summed E-state index contributed by atoms with van der Waals surface area (Å²) in [6, 6.07) is 0. The van der Waals surface area contributed by atoms with Gasteiger partial charge < -0.3 is 4.43 Å². The van der Waals surface area contributed by atoms with Gasteiger partial charge in [0.2, 0.25) is 0 Å². The van der Waals surface area contributed by atoms with Gasteiger partial charge in [-0.15, -0.1) is 6.58 Å². The van der Waals surface area contributed by atoms with Crippen LogP contribution in [0.4, 0.5) is 0 Å². The van der Waals surface area contributed by atoms with Gasteiger partial charge in [0.1, 0.15) is 0 Å². The van der Waals surface area contributed by atoms with Crippen LogP contribution in [0.15, 0.2) is 12.7 Å². The van der Waals surface area contributed by atoms with Crippen LogP contribution in [0.2, 0.25) is 18.1 Å². The molecule has 0 rings (SSSR count). The molecule has 0 radical (unpaired) electrons. The standard InChI is InChI=1S/C21H44OSi/c1-8-10-12-14-15-17-19-20(18-16-13-11-9-2)22-23(6,7)21(3,4)5/h8,20H,1,9-19H2,2-7H3/t20-/m0/s1. The molecule has 23 heavy (non-hydrogen) atoms. The van der Waals surface area contributed by atoms with E-state index in [1.54, 1.807) is 0 Å². The Morgan fingerprint density at radius 1 is 0.913 bits per heavy atom. The van der Waals surface area contributed by atoms with Crippen molar-refractivity contribution in [2.45, 2.75) is 123 Å². The molecule has 0 aromatic heterocycles. The van der Waals surface area contributed by atoms with Gasteiger partial charge in [-0.25, -0.2) is 0 Å². The third-order valence-corrected chi connectivity index (χ3v) is 9.87. The molecule has 0 fully saturated rings. The molecule has 0 aliphatic rings. The van der Waals surface area contributed by atoms with E-state index in [1.807, 2.05) is 6.08 Å². The van der Waals surface area contributed by atoms with Crippen molar-refractivity contribution >= 4 is 8.32 Å². The van der Waals surface area contributed by atoms with Crippen molar-refractivity contribution < 1.29 is 4.43 Å². The summed E-state index contributed by atoms with van der Waals surface area (Å²) in [5.74, 6) is 0. The van der Waals surface area contributed by atoms with Crippen molar-refractivity contribution in [3.8, 4) is 0 Å². The van der Waals surface area contributed by atoms with Gasteiger partial charge in [-0.05, 0) is 43.8 Å². The minimum absolute atomic E-state index is 0.318. The molecule has 1 atom stereocenters. The number of allylic oxidation sites excluding steroid dienone is 1. The predicted octanol–water partition coefficient (Wildman–Crippen LogP) is 7.87. The summed E-state index contributed by atoms with van der Waals surface area (Å²) in [7, 11) is -1.63. The highest BCUT2D eigenvalue weighted by molar-refractivity contribution is 6.74. The average Bonchev–Trinajstić information content (AvgIpc) is 2.45. The molecule has 0 unspecified atom stereocenters. The number of unbranched alkanes of at least 4 members (excludes halogenated alkanes) is 7. The molecule has 0 spiro atoms. The van der Waals surface area contributed by atoms with Gasteiger partial charge in [0, 0.05) is 6.10 Å². The molecule has 0 N–H and O–H groups in total. The zero-order valence-corrected chi connectivity index (χ0v) is 18.0. The fourth-order valence-electron chi connectivity index (χ4n) is 2.67. The maximum atomic E-state index is 6.73. The first-order chi connectivity index (χ1) is 10.7. The Labute approximate surface area is 148 Å². The molecule has 0 saturated carbocycles. The summed E-state index contributed by atoms with van der Waals surface area (Å²) in [5.41, 5.74) is 0. The Balaban J connectivity index is 4.30. The lowest BCUT2D eigenvalue weighted by atomic mass is 10.0. The van der Waals surface area contributed by atoms with Crippen molar-refractivity contribution in [3.63, 3.8) is 0 Å². The van der Waals surface area contributed by atoms with Gasteiger partial charge in [-0.2, -0.15) is 0 Å². The Hall–Kier alpha value is -0.0831. The summed E-state index contributed by atoms with van der Waals surface area (Å²) in [5, 5.41) is 0.318. The second kappa shape index (κ2) is 12.3. The fraction of sp³-hybridized carbons (Fsp3) is 0.905. The van der Waals surface area contributed by atoms with E-state index in [9.17, 15) is 0 Å². The highest BCUT2D eigenvalue weighted by atomic mass is 28.4. The van der Waals surface area contributed by atoms with Crippen LogP contribution in [0.1, 0.15) is 98.3 Å². The van der Waals surface area contributed by atoms with E-state index in [2.05, 4.69) is 47.4 Å². The Kier molecular flexibility index (Phi) is 12.3. The monoisotopic (exact) mass is 340 g/mol. The summed E-state index contributed by atoms with van der Waals surface area (Å²) in [4.78, 5) is 0. The number of rotatable bonds is 14. The molecule has 0 aliphatic carbocycles. The van der Waals surface area contributed by atoms with E-state index in [-0.39, 0.29) is 0 Å². The minimum Gasteiger partial charge on any atom is -0.414 e.